The maximum Gasteiger partial charge on any atom is 0.408 e. The average molecular weight is 477 g/mol. The fourth-order valence-electron chi connectivity index (χ4n) is 4.17. The molecule has 2 N–H and O–H groups in total. The van der Waals surface area contributed by atoms with Gasteiger partial charge in [0.15, 0.2) is 0 Å². The molecule has 1 aliphatic heterocycles. The van der Waals surface area contributed by atoms with Gasteiger partial charge in [0.05, 0.1) is 17.3 Å². The first kappa shape index (κ1) is 22.6. The predicted molar refractivity (Wildman–Crippen MR) is 128 cm³/mol. The third-order valence-corrected chi connectivity index (χ3v) is 6.13. The highest BCUT2D eigenvalue weighted by Gasteiger charge is 2.37. The number of halogens is 3. The minimum absolute atomic E-state index is 0.0736. The van der Waals surface area contributed by atoms with Gasteiger partial charge in [0.2, 0.25) is 0 Å². The molecular formula is C26H22F3N5O. The van der Waals surface area contributed by atoms with Crippen molar-refractivity contribution in [1.29, 1.82) is 0 Å². The maximum atomic E-state index is 12.9. The maximum absolute atomic E-state index is 12.9. The second-order valence-corrected chi connectivity index (χ2v) is 8.47. The largest absolute Gasteiger partial charge is 0.408 e. The van der Waals surface area contributed by atoms with Gasteiger partial charge >= 0.3 is 6.18 Å². The number of anilines is 1. The Balaban J connectivity index is 1.54. The predicted octanol–water partition coefficient (Wildman–Crippen LogP) is 5.24. The fourth-order valence-corrected chi connectivity index (χ4v) is 4.17. The Hall–Kier alpha value is -4.14. The van der Waals surface area contributed by atoms with Gasteiger partial charge in [0.25, 0.3) is 5.91 Å². The zero-order chi connectivity index (χ0) is 24.7. The molecule has 0 spiro atoms. The SMILES string of the molecule is Cc1ccccc1-c1cnc2c(c1)C(c1ccn3ncc(C(=O)N[C@H](C)C(F)(F)F)c3c1)=CCN2. The quantitative estimate of drug-likeness (QED) is 0.422. The molecule has 0 bridgehead atoms. The van der Waals surface area contributed by atoms with Crippen molar-refractivity contribution in [2.45, 2.75) is 26.1 Å². The van der Waals surface area contributed by atoms with Crippen molar-refractivity contribution in [3.63, 3.8) is 0 Å². The van der Waals surface area contributed by atoms with Gasteiger partial charge in [-0.05, 0) is 54.3 Å². The summed E-state index contributed by atoms with van der Waals surface area (Å²) in [5.41, 5.74) is 6.30. The van der Waals surface area contributed by atoms with E-state index in [0.29, 0.717) is 12.1 Å². The summed E-state index contributed by atoms with van der Waals surface area (Å²) >= 11 is 0. The second-order valence-electron chi connectivity index (χ2n) is 8.47. The summed E-state index contributed by atoms with van der Waals surface area (Å²) in [6, 6.07) is 11.8. The Kier molecular flexibility index (Phi) is 5.55. The number of hydrogen-bond acceptors (Lipinski definition) is 4. The van der Waals surface area contributed by atoms with Crippen LogP contribution in [0.15, 0.2) is 67.1 Å². The molecule has 35 heavy (non-hydrogen) atoms. The van der Waals surface area contributed by atoms with E-state index < -0.39 is 18.1 Å². The van der Waals surface area contributed by atoms with E-state index in [9.17, 15) is 18.0 Å². The zero-order valence-corrected chi connectivity index (χ0v) is 19.0. The first-order valence-corrected chi connectivity index (χ1v) is 11.1. The molecule has 5 rings (SSSR count). The minimum atomic E-state index is -4.53. The highest BCUT2D eigenvalue weighted by Crippen LogP contribution is 2.35. The van der Waals surface area contributed by atoms with Crippen LogP contribution < -0.4 is 10.6 Å². The molecule has 1 amide bonds. The van der Waals surface area contributed by atoms with Gasteiger partial charge in [-0.3, -0.25) is 4.79 Å². The number of alkyl halides is 3. The van der Waals surface area contributed by atoms with Crippen LogP contribution in [0.2, 0.25) is 0 Å². The molecule has 0 fully saturated rings. The molecular weight excluding hydrogens is 455 g/mol. The standard InChI is InChI=1S/C26H22F3N5O/c1-15-5-3-4-6-19(15)18-11-21-20(7-9-30-24(21)31-13-18)17-8-10-34-23(12-17)22(14-32-34)25(35)33-16(2)26(27,28)29/h3-8,10-14,16H,9H2,1-2H3,(H,30,31)(H,33,35)/t16-/m1/s1. The molecule has 0 saturated carbocycles. The molecule has 0 radical (unpaired) electrons. The highest BCUT2D eigenvalue weighted by atomic mass is 19.4. The van der Waals surface area contributed by atoms with E-state index in [1.165, 1.54) is 10.7 Å². The van der Waals surface area contributed by atoms with Crippen LogP contribution in [-0.4, -0.2) is 39.3 Å². The van der Waals surface area contributed by atoms with Crippen LogP contribution in [0.5, 0.6) is 0 Å². The fraction of sp³-hybridized carbons (Fsp3) is 0.192. The molecule has 0 unspecified atom stereocenters. The van der Waals surface area contributed by atoms with Crippen LogP contribution in [0, 0.1) is 6.92 Å². The van der Waals surface area contributed by atoms with Crippen LogP contribution >= 0.6 is 0 Å². The molecule has 4 aromatic rings. The number of rotatable bonds is 4. The normalized spacial score (nSPS) is 14.1. The lowest BCUT2D eigenvalue weighted by molar-refractivity contribution is -0.149. The van der Waals surface area contributed by atoms with E-state index in [1.54, 1.807) is 12.3 Å². The number of benzene rings is 1. The number of amides is 1. The first-order valence-electron chi connectivity index (χ1n) is 11.1. The molecule has 1 aromatic carbocycles. The number of hydrogen-bond donors (Lipinski definition) is 2. The average Bonchev–Trinajstić information content (AvgIpc) is 3.26. The number of fused-ring (bicyclic) bond motifs is 2. The van der Waals surface area contributed by atoms with Crippen molar-refractivity contribution in [2.24, 2.45) is 0 Å². The van der Waals surface area contributed by atoms with Gasteiger partial charge in [-0.1, -0.05) is 30.3 Å². The van der Waals surface area contributed by atoms with E-state index in [2.05, 4.69) is 21.5 Å². The number of carbonyl (C=O) groups excluding carboxylic acids is 1. The number of aryl methyl sites for hydroxylation is 1. The summed E-state index contributed by atoms with van der Waals surface area (Å²) in [4.78, 5) is 17.2. The number of pyridine rings is 2. The summed E-state index contributed by atoms with van der Waals surface area (Å²) in [5, 5.41) is 9.42. The number of carbonyl (C=O) groups is 1. The Labute approximate surface area is 199 Å². The zero-order valence-electron chi connectivity index (χ0n) is 19.0. The summed E-state index contributed by atoms with van der Waals surface area (Å²) in [6.07, 6.45) is 2.30. The van der Waals surface area contributed by atoms with Gasteiger partial charge in [-0.2, -0.15) is 18.3 Å². The summed E-state index contributed by atoms with van der Waals surface area (Å²) in [7, 11) is 0. The molecule has 1 atom stereocenters. The third-order valence-electron chi connectivity index (χ3n) is 6.13. The van der Waals surface area contributed by atoms with Gasteiger partial charge in [0.1, 0.15) is 11.9 Å². The minimum Gasteiger partial charge on any atom is -0.366 e. The van der Waals surface area contributed by atoms with Crippen LogP contribution in [0.25, 0.3) is 22.2 Å². The van der Waals surface area contributed by atoms with Crippen molar-refractivity contribution in [2.75, 3.05) is 11.9 Å². The topological polar surface area (TPSA) is 71.3 Å². The van der Waals surface area contributed by atoms with Crippen LogP contribution in [0.3, 0.4) is 0 Å². The highest BCUT2D eigenvalue weighted by molar-refractivity contribution is 6.01. The van der Waals surface area contributed by atoms with Crippen molar-refractivity contribution >= 4 is 22.8 Å². The van der Waals surface area contributed by atoms with Crippen molar-refractivity contribution < 1.29 is 18.0 Å². The molecule has 9 heteroatoms. The second kappa shape index (κ2) is 8.57. The molecule has 178 valence electrons. The molecule has 4 heterocycles. The lowest BCUT2D eigenvalue weighted by Crippen LogP contribution is -2.43. The Bertz CT molecular complexity index is 1470. The van der Waals surface area contributed by atoms with Crippen LogP contribution in [0.4, 0.5) is 19.0 Å². The van der Waals surface area contributed by atoms with Gasteiger partial charge in [-0.15, -0.1) is 0 Å². The lowest BCUT2D eigenvalue weighted by Gasteiger charge is -2.20. The number of aromatic nitrogens is 3. The lowest BCUT2D eigenvalue weighted by atomic mass is 9.93. The van der Waals surface area contributed by atoms with Gasteiger partial charge < -0.3 is 10.6 Å². The summed E-state index contributed by atoms with van der Waals surface area (Å²) in [6.45, 7) is 3.52. The first-order chi connectivity index (χ1) is 16.7. The Morgan fingerprint density at radius 1 is 1.11 bits per heavy atom. The van der Waals surface area contributed by atoms with Crippen LogP contribution in [0.1, 0.15) is 34.0 Å². The molecule has 6 nitrogen and oxygen atoms in total. The molecule has 1 aliphatic rings. The summed E-state index contributed by atoms with van der Waals surface area (Å²) < 4.78 is 40.3. The monoisotopic (exact) mass is 477 g/mol. The molecule has 3 aromatic heterocycles. The van der Waals surface area contributed by atoms with Gasteiger partial charge in [-0.25, -0.2) is 9.50 Å². The summed E-state index contributed by atoms with van der Waals surface area (Å²) in [5.74, 6) is -0.0876. The van der Waals surface area contributed by atoms with E-state index in [-0.39, 0.29) is 5.56 Å². The Morgan fingerprint density at radius 2 is 1.91 bits per heavy atom. The van der Waals surface area contributed by atoms with Crippen molar-refractivity contribution in [3.8, 4) is 11.1 Å². The van der Waals surface area contributed by atoms with Crippen LogP contribution in [-0.2, 0) is 0 Å². The van der Waals surface area contributed by atoms with E-state index in [0.717, 1.165) is 46.1 Å². The van der Waals surface area contributed by atoms with Crippen molar-refractivity contribution in [1.82, 2.24) is 19.9 Å². The smallest absolute Gasteiger partial charge is 0.366 e. The van der Waals surface area contributed by atoms with Crippen molar-refractivity contribution in [3.05, 3.63) is 89.4 Å². The third kappa shape index (κ3) is 4.25. The number of nitrogens with zero attached hydrogens (tertiary/aromatic N) is 3. The van der Waals surface area contributed by atoms with Gasteiger partial charge in [0, 0.05) is 30.1 Å². The number of nitrogens with one attached hydrogen (secondary N) is 2. The van der Waals surface area contributed by atoms with E-state index in [1.807, 2.05) is 54.8 Å². The van der Waals surface area contributed by atoms with E-state index >= 15 is 0 Å². The van der Waals surface area contributed by atoms with E-state index in [4.69, 9.17) is 0 Å². The molecule has 0 aliphatic carbocycles. The Morgan fingerprint density at radius 3 is 2.69 bits per heavy atom. The molecule has 0 saturated heterocycles.